The van der Waals surface area contributed by atoms with Crippen molar-refractivity contribution in [1.29, 1.82) is 0 Å². The Morgan fingerprint density at radius 2 is 2.25 bits per heavy atom. The fourth-order valence-electron chi connectivity index (χ4n) is 1.59. The first-order valence-corrected chi connectivity index (χ1v) is 4.10. The Morgan fingerprint density at radius 1 is 1.50 bits per heavy atom. The maximum atomic E-state index is 11.6. The summed E-state index contributed by atoms with van der Waals surface area (Å²) in [4.78, 5) is 2.01. The van der Waals surface area contributed by atoms with Gasteiger partial charge in [0.05, 0.1) is 19.5 Å². The zero-order chi connectivity index (χ0) is 8.72. The number of pyridine rings is 1. The van der Waals surface area contributed by atoms with Gasteiger partial charge in [-0.05, 0) is 13.0 Å². The largest absolute Gasteiger partial charge is 0.815 e. The first-order chi connectivity index (χ1) is 5.72. The average Bonchev–Trinajstić information content (AvgIpc) is 2.33. The zero-order valence-electron chi connectivity index (χ0n) is 7.27. The predicted octanol–water partition coefficient (Wildman–Crippen LogP) is -0.329. The number of hydrogen-bond acceptors (Lipinski definition) is 2. The highest BCUT2D eigenvalue weighted by Gasteiger charge is 2.33. The van der Waals surface area contributed by atoms with Gasteiger partial charge in [0.15, 0.2) is 0 Å². The van der Waals surface area contributed by atoms with Crippen LogP contribution in [0.3, 0.4) is 0 Å². The molecule has 64 valence electrons. The van der Waals surface area contributed by atoms with E-state index in [2.05, 4.69) is 0 Å². The number of rotatable bonds is 0. The SMILES string of the molecule is CC1C([O-])[n+]2ccccc2N1C. The van der Waals surface area contributed by atoms with Crippen LogP contribution in [0, 0.1) is 0 Å². The molecule has 12 heavy (non-hydrogen) atoms. The molecule has 1 aliphatic heterocycles. The van der Waals surface area contributed by atoms with Crippen molar-refractivity contribution < 1.29 is 9.67 Å². The second-order valence-corrected chi connectivity index (χ2v) is 3.21. The van der Waals surface area contributed by atoms with Crippen molar-refractivity contribution in [2.75, 3.05) is 11.9 Å². The van der Waals surface area contributed by atoms with Gasteiger partial charge in [0.2, 0.25) is 0 Å². The van der Waals surface area contributed by atoms with Crippen LogP contribution in [0.15, 0.2) is 24.4 Å². The van der Waals surface area contributed by atoms with Crippen LogP contribution in [-0.4, -0.2) is 13.1 Å². The molecule has 2 heterocycles. The fraction of sp³-hybridized carbons (Fsp3) is 0.444. The lowest BCUT2D eigenvalue weighted by Crippen LogP contribution is -2.47. The van der Waals surface area contributed by atoms with Crippen molar-refractivity contribution in [3.63, 3.8) is 0 Å². The summed E-state index contributed by atoms with van der Waals surface area (Å²) in [6.07, 6.45) is 1.18. The number of fused-ring (bicyclic) bond motifs is 1. The summed E-state index contributed by atoms with van der Waals surface area (Å²) in [5, 5.41) is 11.6. The van der Waals surface area contributed by atoms with E-state index in [0.717, 1.165) is 5.82 Å². The van der Waals surface area contributed by atoms with E-state index in [9.17, 15) is 5.11 Å². The third-order valence-electron chi connectivity index (χ3n) is 2.53. The maximum Gasteiger partial charge on any atom is 0.275 e. The first kappa shape index (κ1) is 7.55. The number of likely N-dealkylation sites (N-methyl/N-ethyl adjacent to an activating group) is 1. The normalized spacial score (nSPS) is 27.4. The molecule has 0 aromatic carbocycles. The fourth-order valence-corrected chi connectivity index (χ4v) is 1.59. The average molecular weight is 164 g/mol. The molecule has 3 nitrogen and oxygen atoms in total. The Morgan fingerprint density at radius 3 is 2.92 bits per heavy atom. The molecule has 1 aromatic heterocycles. The van der Waals surface area contributed by atoms with E-state index >= 15 is 0 Å². The summed E-state index contributed by atoms with van der Waals surface area (Å²) in [5.74, 6) is 1.00. The minimum absolute atomic E-state index is 0.0485. The highest BCUT2D eigenvalue weighted by Crippen LogP contribution is 2.20. The van der Waals surface area contributed by atoms with Crippen LogP contribution < -0.4 is 14.6 Å². The van der Waals surface area contributed by atoms with Crippen LogP contribution >= 0.6 is 0 Å². The van der Waals surface area contributed by atoms with Gasteiger partial charge >= 0.3 is 0 Å². The van der Waals surface area contributed by atoms with E-state index < -0.39 is 6.23 Å². The number of hydrogen-bond donors (Lipinski definition) is 0. The Hall–Kier alpha value is -1.09. The van der Waals surface area contributed by atoms with Crippen molar-refractivity contribution in [3.05, 3.63) is 24.4 Å². The maximum absolute atomic E-state index is 11.6. The van der Waals surface area contributed by atoms with Crippen molar-refractivity contribution >= 4 is 5.82 Å². The molecule has 3 heteroatoms. The smallest absolute Gasteiger partial charge is 0.275 e. The molecule has 0 bridgehead atoms. The lowest BCUT2D eigenvalue weighted by Gasteiger charge is -2.17. The van der Waals surface area contributed by atoms with Crippen molar-refractivity contribution in [1.82, 2.24) is 0 Å². The van der Waals surface area contributed by atoms with Crippen molar-refractivity contribution in [2.45, 2.75) is 19.2 Å². The van der Waals surface area contributed by atoms with Crippen molar-refractivity contribution in [3.8, 4) is 0 Å². The lowest BCUT2D eigenvalue weighted by molar-refractivity contribution is -0.831. The number of nitrogens with zero attached hydrogens (tertiary/aromatic N) is 2. The molecule has 0 radical (unpaired) electrons. The van der Waals surface area contributed by atoms with Crippen LogP contribution in [0.1, 0.15) is 13.2 Å². The lowest BCUT2D eigenvalue weighted by atomic mass is 10.3. The third-order valence-corrected chi connectivity index (χ3v) is 2.53. The second-order valence-electron chi connectivity index (χ2n) is 3.21. The van der Waals surface area contributed by atoms with Gasteiger partial charge in [-0.15, -0.1) is 0 Å². The monoisotopic (exact) mass is 164 g/mol. The highest BCUT2D eigenvalue weighted by molar-refractivity contribution is 5.34. The molecular formula is C9H12N2O. The molecule has 0 saturated heterocycles. The first-order valence-electron chi connectivity index (χ1n) is 4.10. The van der Waals surface area contributed by atoms with Gasteiger partial charge in [-0.1, -0.05) is 6.07 Å². The van der Waals surface area contributed by atoms with Crippen LogP contribution in [-0.2, 0) is 0 Å². The minimum atomic E-state index is -0.661. The molecule has 1 aromatic rings. The van der Waals surface area contributed by atoms with E-state index in [1.165, 1.54) is 0 Å². The predicted molar refractivity (Wildman–Crippen MR) is 43.5 cm³/mol. The molecule has 0 aliphatic carbocycles. The zero-order valence-corrected chi connectivity index (χ0v) is 7.27. The number of anilines is 1. The Bertz CT molecular complexity index is 271. The number of aromatic nitrogens is 1. The molecule has 0 amide bonds. The molecule has 1 aliphatic rings. The van der Waals surface area contributed by atoms with Gasteiger partial charge in [-0.25, -0.2) is 4.57 Å². The van der Waals surface area contributed by atoms with Gasteiger partial charge < -0.3 is 5.11 Å². The summed E-state index contributed by atoms with van der Waals surface area (Å²) in [6.45, 7) is 1.95. The summed E-state index contributed by atoms with van der Waals surface area (Å²) in [5.41, 5.74) is 0. The van der Waals surface area contributed by atoms with Gasteiger partial charge in [0.1, 0.15) is 6.04 Å². The molecular weight excluding hydrogens is 152 g/mol. The van der Waals surface area contributed by atoms with Gasteiger partial charge in [0, 0.05) is 6.07 Å². The van der Waals surface area contributed by atoms with E-state index in [1.54, 1.807) is 4.57 Å². The van der Waals surface area contributed by atoms with E-state index in [1.807, 2.05) is 43.3 Å². The third kappa shape index (κ3) is 0.830. The Balaban J connectivity index is 2.52. The Kier molecular flexibility index (Phi) is 1.54. The van der Waals surface area contributed by atoms with Crippen LogP contribution in [0.25, 0.3) is 0 Å². The summed E-state index contributed by atoms with van der Waals surface area (Å²) in [6, 6.07) is 5.86. The summed E-state index contributed by atoms with van der Waals surface area (Å²) >= 11 is 0. The summed E-state index contributed by atoms with van der Waals surface area (Å²) < 4.78 is 1.77. The molecule has 0 spiro atoms. The molecule has 2 rings (SSSR count). The van der Waals surface area contributed by atoms with Gasteiger partial charge in [-0.3, -0.25) is 4.90 Å². The summed E-state index contributed by atoms with van der Waals surface area (Å²) in [7, 11) is 1.95. The second kappa shape index (κ2) is 2.45. The molecule has 0 saturated carbocycles. The van der Waals surface area contributed by atoms with Gasteiger partial charge in [0.25, 0.3) is 5.82 Å². The van der Waals surface area contributed by atoms with Crippen LogP contribution in [0.2, 0.25) is 0 Å². The molecule has 0 N–H and O–H groups in total. The quantitative estimate of drug-likeness (QED) is 0.491. The highest BCUT2D eigenvalue weighted by atomic mass is 16.3. The topological polar surface area (TPSA) is 30.2 Å². The molecule has 0 fully saturated rings. The van der Waals surface area contributed by atoms with E-state index in [0.29, 0.717) is 0 Å². The minimum Gasteiger partial charge on any atom is -0.815 e. The van der Waals surface area contributed by atoms with Crippen molar-refractivity contribution in [2.24, 2.45) is 0 Å². The Labute approximate surface area is 71.9 Å². The van der Waals surface area contributed by atoms with E-state index in [4.69, 9.17) is 0 Å². The van der Waals surface area contributed by atoms with Crippen LogP contribution in [0.4, 0.5) is 5.82 Å². The molecule has 2 atom stereocenters. The molecule has 2 unspecified atom stereocenters. The van der Waals surface area contributed by atoms with Crippen LogP contribution in [0.5, 0.6) is 0 Å². The van der Waals surface area contributed by atoms with E-state index in [-0.39, 0.29) is 6.04 Å². The standard InChI is InChI=1S/C9H12N2O/c1-7-9(12)11-6-4-3-5-8(11)10(7)2/h3-7,9H,1-2H3. The van der Waals surface area contributed by atoms with Gasteiger partial charge in [-0.2, -0.15) is 0 Å².